The van der Waals surface area contributed by atoms with Crippen LogP contribution < -0.4 is 10.9 Å². The third-order valence-corrected chi connectivity index (χ3v) is 8.53. The minimum atomic E-state index is -3.47. The molecule has 170 valence electrons. The summed E-state index contributed by atoms with van der Waals surface area (Å²) in [6.07, 6.45) is 10.3. The number of hydrogen-bond donors (Lipinski definition) is 2. The fourth-order valence-corrected chi connectivity index (χ4v) is 6.41. The molecule has 0 radical (unpaired) electrons. The molecule has 2 aliphatic rings. The van der Waals surface area contributed by atoms with E-state index in [1.165, 1.54) is 19.3 Å². The summed E-state index contributed by atoms with van der Waals surface area (Å²) in [6.45, 7) is 1.16. The van der Waals surface area contributed by atoms with E-state index < -0.39 is 10.0 Å². The number of piperidine rings is 1. The molecule has 1 aliphatic heterocycles. The van der Waals surface area contributed by atoms with Gasteiger partial charge >= 0.3 is 0 Å². The molecule has 3 heterocycles. The predicted molar refractivity (Wildman–Crippen MR) is 125 cm³/mol. The molecule has 3 aromatic rings. The molecule has 5 rings (SSSR count). The van der Waals surface area contributed by atoms with Gasteiger partial charge in [-0.1, -0.05) is 25.7 Å². The Kier molecular flexibility index (Phi) is 5.77. The molecule has 0 atom stereocenters. The van der Waals surface area contributed by atoms with E-state index in [-0.39, 0.29) is 5.56 Å². The number of fused-ring (bicyclic) bond motifs is 1. The van der Waals surface area contributed by atoms with Gasteiger partial charge < -0.3 is 10.3 Å². The molecule has 0 amide bonds. The molecule has 0 spiro atoms. The number of aromatic nitrogens is 3. The number of anilines is 2. The topological polar surface area (TPSA) is 100 Å². The quantitative estimate of drug-likeness (QED) is 0.602. The SMILES string of the molecule is O=c1[nH]ccc2c1c(Nc1ccc(S(=O)(=O)N3CCCCC3)cc1)nn2C1CCCCC1. The molecule has 2 fully saturated rings. The molecular weight excluding hydrogens is 426 g/mol. The van der Waals surface area contributed by atoms with Gasteiger partial charge in [-0.3, -0.25) is 9.48 Å². The number of nitrogens with zero attached hydrogens (tertiary/aromatic N) is 3. The fraction of sp³-hybridized carbons (Fsp3) is 0.478. The van der Waals surface area contributed by atoms with Crippen LogP contribution in [0.3, 0.4) is 0 Å². The lowest BCUT2D eigenvalue weighted by molar-refractivity contribution is 0.338. The van der Waals surface area contributed by atoms with E-state index >= 15 is 0 Å². The van der Waals surface area contributed by atoms with Crippen molar-refractivity contribution in [3.8, 4) is 0 Å². The number of hydrogen-bond acceptors (Lipinski definition) is 5. The first-order chi connectivity index (χ1) is 15.5. The highest BCUT2D eigenvalue weighted by Crippen LogP contribution is 2.33. The van der Waals surface area contributed by atoms with E-state index in [2.05, 4.69) is 10.3 Å². The van der Waals surface area contributed by atoms with E-state index in [1.54, 1.807) is 34.8 Å². The Morgan fingerprint density at radius 3 is 2.34 bits per heavy atom. The van der Waals surface area contributed by atoms with Gasteiger partial charge in [0.25, 0.3) is 5.56 Å². The molecule has 1 aromatic carbocycles. The van der Waals surface area contributed by atoms with Crippen molar-refractivity contribution in [2.45, 2.75) is 62.3 Å². The standard InChI is InChI=1S/C23H29N5O3S/c29-23-21-20(13-14-24-23)28(18-7-3-1-4-8-18)26-22(21)25-17-9-11-19(12-10-17)32(30,31)27-15-5-2-6-16-27/h9-14,18H,1-8,15-16H2,(H,24,29)(H,25,26). The number of pyridine rings is 1. The van der Waals surface area contributed by atoms with E-state index in [9.17, 15) is 13.2 Å². The Morgan fingerprint density at radius 2 is 1.62 bits per heavy atom. The van der Waals surface area contributed by atoms with Crippen LogP contribution in [0.5, 0.6) is 0 Å². The summed E-state index contributed by atoms with van der Waals surface area (Å²) in [7, 11) is -3.47. The monoisotopic (exact) mass is 455 g/mol. The van der Waals surface area contributed by atoms with Crippen molar-refractivity contribution < 1.29 is 8.42 Å². The highest BCUT2D eigenvalue weighted by Gasteiger charge is 2.26. The lowest BCUT2D eigenvalue weighted by atomic mass is 9.95. The highest BCUT2D eigenvalue weighted by atomic mass is 32.2. The number of H-pyrrole nitrogens is 1. The highest BCUT2D eigenvalue weighted by molar-refractivity contribution is 7.89. The van der Waals surface area contributed by atoms with Crippen LogP contribution in [-0.4, -0.2) is 40.6 Å². The van der Waals surface area contributed by atoms with Crippen molar-refractivity contribution in [1.29, 1.82) is 0 Å². The average Bonchev–Trinajstić information content (AvgIpc) is 3.20. The second kappa shape index (κ2) is 8.71. The molecule has 1 aliphatic carbocycles. The zero-order valence-corrected chi connectivity index (χ0v) is 18.9. The summed E-state index contributed by atoms with van der Waals surface area (Å²) in [5.74, 6) is 0.499. The maximum atomic E-state index is 12.9. The molecule has 1 saturated carbocycles. The second-order valence-corrected chi connectivity index (χ2v) is 10.7. The lowest BCUT2D eigenvalue weighted by Gasteiger charge is -2.25. The molecule has 8 nitrogen and oxygen atoms in total. The van der Waals surface area contributed by atoms with Crippen LogP contribution in [0.2, 0.25) is 0 Å². The average molecular weight is 456 g/mol. The van der Waals surface area contributed by atoms with E-state index in [0.29, 0.717) is 40.9 Å². The van der Waals surface area contributed by atoms with E-state index in [0.717, 1.165) is 37.6 Å². The molecule has 0 bridgehead atoms. The van der Waals surface area contributed by atoms with Gasteiger partial charge in [0.15, 0.2) is 5.82 Å². The number of aromatic amines is 1. The summed E-state index contributed by atoms with van der Waals surface area (Å²) in [5, 5.41) is 8.55. The van der Waals surface area contributed by atoms with Gasteiger partial charge in [0.05, 0.1) is 16.5 Å². The molecule has 2 N–H and O–H groups in total. The first-order valence-corrected chi connectivity index (χ1v) is 13.0. The molecular formula is C23H29N5O3S. The van der Waals surface area contributed by atoms with Crippen molar-refractivity contribution in [2.24, 2.45) is 0 Å². The van der Waals surface area contributed by atoms with Crippen LogP contribution in [0.1, 0.15) is 57.4 Å². The third-order valence-electron chi connectivity index (χ3n) is 6.62. The van der Waals surface area contributed by atoms with Gasteiger partial charge in [0, 0.05) is 25.0 Å². The molecule has 32 heavy (non-hydrogen) atoms. The Balaban J connectivity index is 1.44. The minimum Gasteiger partial charge on any atom is -0.338 e. The lowest BCUT2D eigenvalue weighted by Crippen LogP contribution is -2.35. The van der Waals surface area contributed by atoms with Gasteiger partial charge in [-0.2, -0.15) is 9.40 Å². The minimum absolute atomic E-state index is 0.184. The van der Waals surface area contributed by atoms with Crippen LogP contribution in [0.25, 0.3) is 10.9 Å². The van der Waals surface area contributed by atoms with Crippen molar-refractivity contribution in [3.63, 3.8) is 0 Å². The van der Waals surface area contributed by atoms with Crippen LogP contribution in [-0.2, 0) is 10.0 Å². The van der Waals surface area contributed by atoms with Crippen molar-refractivity contribution in [2.75, 3.05) is 18.4 Å². The van der Waals surface area contributed by atoms with Crippen LogP contribution in [0, 0.1) is 0 Å². The Labute approximate surface area is 187 Å². The molecule has 0 unspecified atom stereocenters. The Hall–Kier alpha value is -2.65. The number of nitrogens with one attached hydrogen (secondary N) is 2. The van der Waals surface area contributed by atoms with Gasteiger partial charge in [-0.15, -0.1) is 0 Å². The van der Waals surface area contributed by atoms with Gasteiger partial charge in [-0.05, 0) is 56.0 Å². The summed E-state index contributed by atoms with van der Waals surface area (Å²) >= 11 is 0. The number of sulfonamides is 1. The molecule has 9 heteroatoms. The molecule has 2 aromatic heterocycles. The zero-order valence-electron chi connectivity index (χ0n) is 18.1. The maximum Gasteiger partial charge on any atom is 0.261 e. The van der Waals surface area contributed by atoms with E-state index in [4.69, 9.17) is 5.10 Å². The summed E-state index contributed by atoms with van der Waals surface area (Å²) in [6, 6.07) is 8.91. The summed E-state index contributed by atoms with van der Waals surface area (Å²) in [5.41, 5.74) is 1.34. The van der Waals surface area contributed by atoms with Gasteiger partial charge in [0.1, 0.15) is 5.39 Å². The van der Waals surface area contributed by atoms with Crippen molar-refractivity contribution in [3.05, 3.63) is 46.9 Å². The van der Waals surface area contributed by atoms with E-state index in [1.807, 2.05) is 10.7 Å². The van der Waals surface area contributed by atoms with Gasteiger partial charge in [-0.25, -0.2) is 8.42 Å². The second-order valence-electron chi connectivity index (χ2n) is 8.77. The number of benzene rings is 1. The first-order valence-electron chi connectivity index (χ1n) is 11.5. The van der Waals surface area contributed by atoms with Crippen molar-refractivity contribution in [1.82, 2.24) is 19.1 Å². The fourth-order valence-electron chi connectivity index (χ4n) is 4.89. The van der Waals surface area contributed by atoms with Crippen LogP contribution >= 0.6 is 0 Å². The normalized spacial score (nSPS) is 18.8. The zero-order chi connectivity index (χ0) is 22.1. The predicted octanol–water partition coefficient (Wildman–Crippen LogP) is 4.15. The smallest absolute Gasteiger partial charge is 0.261 e. The van der Waals surface area contributed by atoms with Crippen molar-refractivity contribution >= 4 is 32.4 Å². The largest absolute Gasteiger partial charge is 0.338 e. The Morgan fingerprint density at radius 1 is 0.938 bits per heavy atom. The Bertz CT molecular complexity index is 1250. The first kappa shape index (κ1) is 21.2. The maximum absolute atomic E-state index is 12.9. The van der Waals surface area contributed by atoms with Gasteiger partial charge in [0.2, 0.25) is 10.0 Å². The van der Waals surface area contributed by atoms with Crippen LogP contribution in [0.15, 0.2) is 46.2 Å². The van der Waals surface area contributed by atoms with Crippen LogP contribution in [0.4, 0.5) is 11.5 Å². The number of rotatable bonds is 5. The third kappa shape index (κ3) is 3.95. The molecule has 1 saturated heterocycles. The summed E-state index contributed by atoms with van der Waals surface area (Å²) < 4.78 is 29.4. The summed E-state index contributed by atoms with van der Waals surface area (Å²) in [4.78, 5) is 15.7.